The summed E-state index contributed by atoms with van der Waals surface area (Å²) in [6.07, 6.45) is 1.95. The Hall–Kier alpha value is -2.04. The average molecular weight is 451 g/mol. The van der Waals surface area contributed by atoms with Crippen LogP contribution in [0.4, 0.5) is 11.1 Å². The van der Waals surface area contributed by atoms with Gasteiger partial charge in [0.25, 0.3) is 0 Å². The minimum absolute atomic E-state index is 0.136. The Kier molecular flexibility index (Phi) is 6.17. The Morgan fingerprint density at radius 2 is 2.08 bits per heavy atom. The van der Waals surface area contributed by atoms with Gasteiger partial charge < -0.3 is 11.1 Å². The van der Waals surface area contributed by atoms with Crippen LogP contribution in [0.15, 0.2) is 45.6 Å². The Labute approximate surface area is 167 Å². The van der Waals surface area contributed by atoms with Crippen molar-refractivity contribution in [3.8, 4) is 11.3 Å². The van der Waals surface area contributed by atoms with Gasteiger partial charge in [0.05, 0.1) is 10.9 Å². The highest BCUT2D eigenvalue weighted by molar-refractivity contribution is 9.10. The minimum Gasteiger partial charge on any atom is -0.368 e. The molecule has 1 aromatic carbocycles. The molecule has 0 aliphatic rings. The van der Waals surface area contributed by atoms with Crippen molar-refractivity contribution in [1.29, 1.82) is 0 Å². The van der Waals surface area contributed by atoms with Crippen LogP contribution in [0.25, 0.3) is 11.3 Å². The maximum Gasteiger partial charge on any atom is 0.239 e. The van der Waals surface area contributed by atoms with Crippen LogP contribution in [-0.4, -0.2) is 31.1 Å². The van der Waals surface area contributed by atoms with E-state index in [2.05, 4.69) is 41.2 Å². The number of carbonyl (C=O) groups excluding carboxylic acids is 1. The summed E-state index contributed by atoms with van der Waals surface area (Å²) in [6, 6.07) is 7.86. The second kappa shape index (κ2) is 8.56. The van der Waals surface area contributed by atoms with Gasteiger partial charge in [-0.05, 0) is 18.6 Å². The highest BCUT2D eigenvalue weighted by Gasteiger charge is 2.21. The number of hydrogen-bond acceptors (Lipinski definition) is 8. The van der Waals surface area contributed by atoms with E-state index in [0.29, 0.717) is 16.7 Å². The summed E-state index contributed by atoms with van der Waals surface area (Å²) in [5.41, 5.74) is 7.37. The fourth-order valence-corrected chi connectivity index (χ4v) is 3.90. The molecule has 3 N–H and O–H groups in total. The monoisotopic (exact) mass is 450 g/mol. The molecule has 0 saturated carbocycles. The van der Waals surface area contributed by atoms with Gasteiger partial charge in [-0.2, -0.15) is 4.98 Å². The summed E-state index contributed by atoms with van der Waals surface area (Å²) in [7, 11) is 0. The molecule has 134 valence electrons. The molecular formula is C16H15BrN6OS2. The summed E-state index contributed by atoms with van der Waals surface area (Å²) in [5.74, 6) is -0.00925. The summed E-state index contributed by atoms with van der Waals surface area (Å²) in [6.45, 7) is 1.93. The van der Waals surface area contributed by atoms with Gasteiger partial charge in [0, 0.05) is 15.4 Å². The maximum atomic E-state index is 12.5. The molecule has 2 heterocycles. The number of nitrogens with zero attached hydrogens (tertiary/aromatic N) is 4. The van der Waals surface area contributed by atoms with Gasteiger partial charge in [-0.15, -0.1) is 11.3 Å². The van der Waals surface area contributed by atoms with Crippen LogP contribution >= 0.6 is 39.0 Å². The van der Waals surface area contributed by atoms with E-state index in [-0.39, 0.29) is 17.1 Å². The predicted octanol–water partition coefficient (Wildman–Crippen LogP) is 3.85. The highest BCUT2D eigenvalue weighted by Crippen LogP contribution is 2.28. The number of anilines is 2. The lowest BCUT2D eigenvalue weighted by Crippen LogP contribution is -2.24. The molecular weight excluding hydrogens is 436 g/mol. The molecule has 26 heavy (non-hydrogen) atoms. The van der Waals surface area contributed by atoms with Gasteiger partial charge in [0.1, 0.15) is 6.33 Å². The van der Waals surface area contributed by atoms with Gasteiger partial charge in [-0.3, -0.25) is 4.79 Å². The Morgan fingerprint density at radius 3 is 2.77 bits per heavy atom. The standard InChI is InChI=1S/C16H15BrN6OS2/c1-2-12(26-15-20-8-19-14(18)23-15)13(24)22-16-21-11(7-25-16)9-3-5-10(17)6-4-9/h3-8,12H,2H2,1H3,(H,21,22,24)(H2,18,19,20,23). The molecule has 0 saturated heterocycles. The van der Waals surface area contributed by atoms with Crippen LogP contribution in [0.3, 0.4) is 0 Å². The van der Waals surface area contributed by atoms with Crippen molar-refractivity contribution in [3.63, 3.8) is 0 Å². The molecule has 3 aromatic rings. The van der Waals surface area contributed by atoms with Crippen LogP contribution in [0.2, 0.25) is 0 Å². The zero-order chi connectivity index (χ0) is 18.5. The van der Waals surface area contributed by atoms with Crippen molar-refractivity contribution >= 4 is 56.0 Å². The third-order valence-electron chi connectivity index (χ3n) is 3.35. The lowest BCUT2D eigenvalue weighted by atomic mass is 10.2. The second-order valence-corrected chi connectivity index (χ2v) is 8.12. The van der Waals surface area contributed by atoms with Crippen molar-refractivity contribution in [2.75, 3.05) is 11.1 Å². The van der Waals surface area contributed by atoms with E-state index in [9.17, 15) is 4.79 Å². The topological polar surface area (TPSA) is 107 Å². The average Bonchev–Trinajstić information content (AvgIpc) is 3.08. The first-order valence-corrected chi connectivity index (χ1v) is 10.2. The van der Waals surface area contributed by atoms with Crippen LogP contribution in [0.1, 0.15) is 13.3 Å². The first-order chi connectivity index (χ1) is 12.5. The number of benzene rings is 1. The fraction of sp³-hybridized carbons (Fsp3) is 0.188. The molecule has 1 unspecified atom stereocenters. The number of hydrogen-bond donors (Lipinski definition) is 2. The molecule has 0 spiro atoms. The van der Waals surface area contributed by atoms with Crippen molar-refractivity contribution in [2.45, 2.75) is 23.8 Å². The first-order valence-electron chi connectivity index (χ1n) is 7.68. The number of thioether (sulfide) groups is 1. The Bertz CT molecular complexity index is 902. The van der Waals surface area contributed by atoms with Crippen LogP contribution in [-0.2, 0) is 4.79 Å². The van der Waals surface area contributed by atoms with E-state index in [1.165, 1.54) is 29.4 Å². The molecule has 2 aromatic heterocycles. The number of carbonyl (C=O) groups is 1. The van der Waals surface area contributed by atoms with Gasteiger partial charge in [-0.25, -0.2) is 15.0 Å². The molecule has 1 amide bonds. The van der Waals surface area contributed by atoms with Gasteiger partial charge in [0.2, 0.25) is 11.9 Å². The van der Waals surface area contributed by atoms with E-state index < -0.39 is 0 Å². The van der Waals surface area contributed by atoms with E-state index in [4.69, 9.17) is 5.73 Å². The molecule has 10 heteroatoms. The molecule has 0 aliphatic heterocycles. The lowest BCUT2D eigenvalue weighted by Gasteiger charge is -2.12. The number of thiazole rings is 1. The molecule has 0 radical (unpaired) electrons. The lowest BCUT2D eigenvalue weighted by molar-refractivity contribution is -0.115. The number of nitrogen functional groups attached to an aromatic ring is 1. The minimum atomic E-state index is -0.350. The molecule has 3 rings (SSSR count). The largest absolute Gasteiger partial charge is 0.368 e. The van der Waals surface area contributed by atoms with Crippen LogP contribution in [0.5, 0.6) is 0 Å². The zero-order valence-electron chi connectivity index (χ0n) is 13.7. The zero-order valence-corrected chi connectivity index (χ0v) is 16.9. The second-order valence-electron chi connectivity index (χ2n) is 5.18. The van der Waals surface area contributed by atoms with Gasteiger partial charge >= 0.3 is 0 Å². The van der Waals surface area contributed by atoms with E-state index in [1.807, 2.05) is 36.6 Å². The highest BCUT2D eigenvalue weighted by atomic mass is 79.9. The van der Waals surface area contributed by atoms with Crippen molar-refractivity contribution in [2.24, 2.45) is 0 Å². The number of halogens is 1. The number of amides is 1. The van der Waals surface area contributed by atoms with Crippen molar-refractivity contribution in [1.82, 2.24) is 19.9 Å². The molecule has 7 nitrogen and oxygen atoms in total. The van der Waals surface area contributed by atoms with Crippen molar-refractivity contribution < 1.29 is 4.79 Å². The summed E-state index contributed by atoms with van der Waals surface area (Å²) in [5, 5.41) is 5.41. The molecule has 1 atom stereocenters. The van der Waals surface area contributed by atoms with Crippen LogP contribution in [0, 0.1) is 0 Å². The van der Waals surface area contributed by atoms with Crippen molar-refractivity contribution in [3.05, 3.63) is 40.4 Å². The number of nitrogens with one attached hydrogen (secondary N) is 1. The maximum absolute atomic E-state index is 12.5. The Balaban J connectivity index is 1.67. The van der Waals surface area contributed by atoms with Gasteiger partial charge in [0.15, 0.2) is 10.3 Å². The number of rotatable bonds is 6. The molecule has 0 fully saturated rings. The predicted molar refractivity (Wildman–Crippen MR) is 108 cm³/mol. The quantitative estimate of drug-likeness (QED) is 0.549. The van der Waals surface area contributed by atoms with E-state index >= 15 is 0 Å². The normalized spacial score (nSPS) is 11.9. The third-order valence-corrected chi connectivity index (χ3v) is 5.88. The molecule has 0 aliphatic carbocycles. The summed E-state index contributed by atoms with van der Waals surface area (Å²) in [4.78, 5) is 28.8. The fourth-order valence-electron chi connectivity index (χ4n) is 2.07. The third kappa shape index (κ3) is 4.77. The van der Waals surface area contributed by atoms with E-state index in [0.717, 1.165) is 15.7 Å². The summed E-state index contributed by atoms with van der Waals surface area (Å²) >= 11 is 6.05. The van der Waals surface area contributed by atoms with Gasteiger partial charge in [-0.1, -0.05) is 46.7 Å². The number of nitrogens with two attached hydrogens (primary N) is 1. The van der Waals surface area contributed by atoms with E-state index in [1.54, 1.807) is 0 Å². The first kappa shape index (κ1) is 18.7. The molecule has 0 bridgehead atoms. The number of aromatic nitrogens is 4. The SMILES string of the molecule is CCC(Sc1ncnc(N)n1)C(=O)Nc1nc(-c2ccc(Br)cc2)cs1. The van der Waals surface area contributed by atoms with Crippen LogP contribution < -0.4 is 11.1 Å². The smallest absolute Gasteiger partial charge is 0.239 e. The Morgan fingerprint density at radius 1 is 1.31 bits per heavy atom. The summed E-state index contributed by atoms with van der Waals surface area (Å²) < 4.78 is 1.01.